The first-order valence-electron chi connectivity index (χ1n) is 8.01. The Morgan fingerprint density at radius 2 is 1.96 bits per heavy atom. The van der Waals surface area contributed by atoms with Crippen LogP contribution >= 0.6 is 0 Å². The second kappa shape index (κ2) is 6.43. The van der Waals surface area contributed by atoms with Crippen LogP contribution in [0.4, 0.5) is 0 Å². The molecule has 1 saturated heterocycles. The third-order valence-electron chi connectivity index (χ3n) is 4.53. The summed E-state index contributed by atoms with van der Waals surface area (Å²) in [5.74, 6) is -0.622. The van der Waals surface area contributed by atoms with E-state index in [2.05, 4.69) is 10.3 Å². The minimum Gasteiger partial charge on any atom is -0.369 e. The number of aromatic nitrogens is 3. The van der Waals surface area contributed by atoms with Gasteiger partial charge in [0.1, 0.15) is 0 Å². The number of nitrogens with zero attached hydrogens (tertiary/aromatic N) is 4. The molecule has 2 heterocycles. The Balaban J connectivity index is 1.71. The quantitative estimate of drug-likeness (QED) is 0.897. The second-order valence-electron chi connectivity index (χ2n) is 6.27. The van der Waals surface area contributed by atoms with Crippen LogP contribution in [0.5, 0.6) is 0 Å². The predicted octanol–water partition coefficient (Wildman–Crippen LogP) is 0.760. The van der Waals surface area contributed by atoms with Crippen LogP contribution < -0.4 is 5.73 Å². The topological polar surface area (TPSA) is 94.1 Å². The Morgan fingerprint density at radius 3 is 2.58 bits per heavy atom. The van der Waals surface area contributed by atoms with E-state index < -0.39 is 0 Å². The Hall–Kier alpha value is -2.70. The number of aryl methyl sites for hydroxylation is 1. The fourth-order valence-electron chi connectivity index (χ4n) is 2.93. The summed E-state index contributed by atoms with van der Waals surface area (Å²) in [6, 6.07) is 7.96. The van der Waals surface area contributed by atoms with Crippen LogP contribution in [0.1, 0.15) is 23.4 Å². The molecular weight excluding hydrogens is 306 g/mol. The van der Waals surface area contributed by atoms with E-state index in [0.717, 1.165) is 11.4 Å². The molecule has 3 rings (SSSR count). The summed E-state index contributed by atoms with van der Waals surface area (Å²) in [7, 11) is 0. The molecule has 7 nitrogen and oxygen atoms in total. The molecule has 1 aliphatic heterocycles. The molecule has 0 unspecified atom stereocenters. The third kappa shape index (κ3) is 3.15. The van der Waals surface area contributed by atoms with Crippen molar-refractivity contribution < 1.29 is 9.59 Å². The smallest absolute Gasteiger partial charge is 0.228 e. The predicted molar refractivity (Wildman–Crippen MR) is 88.4 cm³/mol. The number of hydrogen-bond acceptors (Lipinski definition) is 4. The summed E-state index contributed by atoms with van der Waals surface area (Å²) in [6.07, 6.45) is 0.819. The lowest BCUT2D eigenvalue weighted by Gasteiger charge is -2.15. The molecule has 7 heteroatoms. The summed E-state index contributed by atoms with van der Waals surface area (Å²) in [6.45, 7) is 4.90. The van der Waals surface area contributed by atoms with Gasteiger partial charge in [-0.15, -0.1) is 5.10 Å². The van der Waals surface area contributed by atoms with Crippen LogP contribution in [0, 0.1) is 19.8 Å². The number of carbonyl (C=O) groups excluding carboxylic acids is 2. The molecule has 2 amide bonds. The average molecular weight is 327 g/mol. The van der Waals surface area contributed by atoms with Gasteiger partial charge in [-0.2, -0.15) is 0 Å². The first-order chi connectivity index (χ1) is 11.5. The highest BCUT2D eigenvalue weighted by molar-refractivity contribution is 5.82. The van der Waals surface area contributed by atoms with Gasteiger partial charge in [-0.25, -0.2) is 4.68 Å². The average Bonchev–Trinajstić information content (AvgIpc) is 3.17. The van der Waals surface area contributed by atoms with Gasteiger partial charge in [-0.1, -0.05) is 22.9 Å². The number of hydrogen-bond donors (Lipinski definition) is 1. The molecule has 0 aliphatic carbocycles. The van der Waals surface area contributed by atoms with E-state index in [1.165, 1.54) is 5.56 Å². The fraction of sp³-hybridized carbons (Fsp3) is 0.412. The number of nitrogens with two attached hydrogens (primary N) is 1. The number of benzene rings is 1. The zero-order valence-corrected chi connectivity index (χ0v) is 13.9. The number of rotatable bonds is 4. The van der Waals surface area contributed by atoms with Crippen molar-refractivity contribution in [1.29, 1.82) is 0 Å². The van der Waals surface area contributed by atoms with E-state index in [-0.39, 0.29) is 24.2 Å². The molecule has 126 valence electrons. The lowest BCUT2D eigenvalue weighted by atomic mass is 10.1. The van der Waals surface area contributed by atoms with Gasteiger partial charge in [0.2, 0.25) is 11.8 Å². The summed E-state index contributed by atoms with van der Waals surface area (Å²) >= 11 is 0. The molecule has 0 bridgehead atoms. The number of amides is 2. The van der Waals surface area contributed by atoms with Gasteiger partial charge in [-0.05, 0) is 32.4 Å². The van der Waals surface area contributed by atoms with Crippen LogP contribution in [0.25, 0.3) is 5.69 Å². The summed E-state index contributed by atoms with van der Waals surface area (Å²) in [5.41, 5.74) is 8.90. The van der Waals surface area contributed by atoms with Gasteiger partial charge in [-0.3, -0.25) is 9.59 Å². The van der Waals surface area contributed by atoms with Crippen LogP contribution in [0.3, 0.4) is 0 Å². The van der Waals surface area contributed by atoms with E-state index in [9.17, 15) is 9.59 Å². The molecule has 2 aromatic rings. The maximum atomic E-state index is 12.4. The lowest BCUT2D eigenvalue weighted by Crippen LogP contribution is -2.32. The Bertz CT molecular complexity index is 766. The molecular formula is C17H21N5O2. The molecule has 0 saturated carbocycles. The lowest BCUT2D eigenvalue weighted by molar-refractivity contribution is -0.129. The van der Waals surface area contributed by atoms with Crippen LogP contribution in [0.2, 0.25) is 0 Å². The van der Waals surface area contributed by atoms with Gasteiger partial charge in [0, 0.05) is 13.1 Å². The van der Waals surface area contributed by atoms with Gasteiger partial charge >= 0.3 is 0 Å². The Morgan fingerprint density at radius 1 is 1.25 bits per heavy atom. The molecule has 24 heavy (non-hydrogen) atoms. The number of primary amides is 1. The molecule has 1 atom stereocenters. The zero-order chi connectivity index (χ0) is 17.3. The van der Waals surface area contributed by atoms with E-state index in [0.29, 0.717) is 25.2 Å². The summed E-state index contributed by atoms with van der Waals surface area (Å²) in [5, 5.41) is 8.31. The van der Waals surface area contributed by atoms with Crippen molar-refractivity contribution in [1.82, 2.24) is 19.9 Å². The van der Waals surface area contributed by atoms with Crippen molar-refractivity contribution in [2.45, 2.75) is 26.7 Å². The third-order valence-corrected chi connectivity index (χ3v) is 4.53. The van der Waals surface area contributed by atoms with E-state index in [4.69, 9.17) is 5.73 Å². The van der Waals surface area contributed by atoms with Gasteiger partial charge in [0.15, 0.2) is 0 Å². The fourth-order valence-corrected chi connectivity index (χ4v) is 2.93. The van der Waals surface area contributed by atoms with E-state index >= 15 is 0 Å². The summed E-state index contributed by atoms with van der Waals surface area (Å²) in [4.78, 5) is 25.3. The van der Waals surface area contributed by atoms with Gasteiger partial charge < -0.3 is 10.6 Å². The standard InChI is InChI=1S/C17H21N5O2/c1-11-3-5-14(6-4-11)22-12(2)15(19-20-22)9-16(23)21-8-7-13(10-21)17(18)24/h3-6,13H,7-10H2,1-2H3,(H2,18,24)/t13-/m1/s1. The maximum absolute atomic E-state index is 12.4. The van der Waals surface area contributed by atoms with Crippen molar-refractivity contribution in [2.75, 3.05) is 13.1 Å². The zero-order valence-electron chi connectivity index (χ0n) is 13.9. The molecule has 1 aromatic carbocycles. The van der Waals surface area contributed by atoms with Crippen molar-refractivity contribution in [3.63, 3.8) is 0 Å². The highest BCUT2D eigenvalue weighted by atomic mass is 16.2. The monoisotopic (exact) mass is 327 g/mol. The van der Waals surface area contributed by atoms with Crippen LogP contribution in [-0.4, -0.2) is 44.8 Å². The highest BCUT2D eigenvalue weighted by Gasteiger charge is 2.30. The van der Waals surface area contributed by atoms with Crippen molar-refractivity contribution in [3.05, 3.63) is 41.2 Å². The molecule has 1 aromatic heterocycles. The first kappa shape index (κ1) is 16.2. The van der Waals surface area contributed by atoms with E-state index in [1.807, 2.05) is 38.1 Å². The molecule has 0 spiro atoms. The molecule has 0 radical (unpaired) electrons. The first-order valence-corrected chi connectivity index (χ1v) is 8.01. The largest absolute Gasteiger partial charge is 0.369 e. The number of carbonyl (C=O) groups is 2. The van der Waals surface area contributed by atoms with Crippen molar-refractivity contribution in [2.24, 2.45) is 11.7 Å². The van der Waals surface area contributed by atoms with E-state index in [1.54, 1.807) is 9.58 Å². The normalized spacial score (nSPS) is 17.2. The van der Waals surface area contributed by atoms with Crippen molar-refractivity contribution in [3.8, 4) is 5.69 Å². The van der Waals surface area contributed by atoms with Gasteiger partial charge in [0.25, 0.3) is 0 Å². The Labute approximate surface area is 140 Å². The SMILES string of the molecule is Cc1ccc(-n2nnc(CC(=O)N3CC[C@@H](C(N)=O)C3)c2C)cc1. The minimum atomic E-state index is -0.341. The minimum absolute atomic E-state index is 0.0437. The molecule has 1 fully saturated rings. The molecule has 1 aliphatic rings. The van der Waals surface area contributed by atoms with Gasteiger partial charge in [0.05, 0.1) is 29.4 Å². The number of likely N-dealkylation sites (tertiary alicyclic amines) is 1. The van der Waals surface area contributed by atoms with Crippen LogP contribution in [0.15, 0.2) is 24.3 Å². The van der Waals surface area contributed by atoms with Crippen molar-refractivity contribution >= 4 is 11.8 Å². The second-order valence-corrected chi connectivity index (χ2v) is 6.27. The maximum Gasteiger partial charge on any atom is 0.228 e. The summed E-state index contributed by atoms with van der Waals surface area (Å²) < 4.78 is 1.73. The molecule has 2 N–H and O–H groups in total. The Kier molecular flexibility index (Phi) is 4.33. The highest BCUT2D eigenvalue weighted by Crippen LogP contribution is 2.18. The van der Waals surface area contributed by atoms with Crippen LogP contribution in [-0.2, 0) is 16.0 Å².